The molecule has 0 bridgehead atoms. The lowest BCUT2D eigenvalue weighted by molar-refractivity contribution is -0.135. The largest absolute Gasteiger partial charge is 0.647 e. The molecule has 0 fully saturated rings. The fraction of sp³-hybridized carbons (Fsp3) is 0.107. The number of hydrazone groups is 3. The molecular formula is C84H78N6O25P4. The lowest BCUT2D eigenvalue weighted by atomic mass is 10.2. The first-order valence-corrected chi connectivity index (χ1v) is 41.1. The number of phosphoric acid groups is 1. The third kappa shape index (κ3) is 28.0. The van der Waals surface area contributed by atoms with Crippen molar-refractivity contribution in [1.29, 1.82) is 0 Å². The molecular weight excluding hydrogens is 1620 g/mol. The molecule has 0 saturated carbocycles. The number of hydrogen-bond donors (Lipinski definition) is 0. The van der Waals surface area contributed by atoms with Crippen LogP contribution in [0.15, 0.2) is 270 Å². The molecule has 9 rings (SSSR count). The van der Waals surface area contributed by atoms with E-state index in [1.165, 1.54) is 301 Å². The molecule has 0 saturated heterocycles. The number of methoxy groups -OCH3 is 6. The SMILES string of the molecule is COC(=O)/C=C/c1ccc(OP(=O)(Oc2ccc(/C=C/C(=O)OC)cc2)N(C)/N=C/c2ccc(OP(=O)(Oc3ccc(/C=N/N(C)P(=O)(Oc4ccc(/C=C/C(=O)OC)cc4)Oc4ccc(/C=C/C(=O)OC)cc4)cc3)Oc3ccc(/C=N/N(C)P(=O)(Oc4ccc(/C=C/C(=O)OC)cc4)Oc4ccc(/C=C/C(=O)OC)cc4)cc3)cc2)cc1. The Kier molecular flexibility index (Phi) is 32.0. The van der Waals surface area contributed by atoms with Gasteiger partial charge in [-0.3, -0.25) is 0 Å². The Labute approximate surface area is 684 Å². The van der Waals surface area contributed by atoms with E-state index in [0.29, 0.717) is 50.1 Å². The standard InChI is InChI=1S/C84H78N6O25P4/c1-88(116(97,107-70-34-10-61(11-35-70)28-52-79(91)101-4)108-71-36-12-62(13-37-71)29-53-80(92)102-5)85-58-67-22-46-76(47-23-67)113-119(100,114-77-48-24-68(25-49-77)59-86-89(2)117(98,109-72-38-14-63(15-39-72)30-54-81(93)103-6)110-73-40-16-64(17-41-73)31-55-82(94)104-7)115-78-50-26-69(27-51-78)60-87-90(3)118(99,111-74-42-18-65(19-43-74)32-56-83(95)105-8)112-75-44-20-66(21-45-75)33-57-84(96)106-9/h10-60H,1-9H3/b52-28+,53-29+,54-30+,55-31+,56-32+,57-33+,85-58+,86-59+,87-60+. The van der Waals surface area contributed by atoms with Crippen LogP contribution in [0.4, 0.5) is 0 Å². The Bertz CT molecular complexity index is 4730. The van der Waals surface area contributed by atoms with Crippen LogP contribution >= 0.6 is 31.1 Å². The van der Waals surface area contributed by atoms with E-state index in [2.05, 4.69) is 43.7 Å². The summed E-state index contributed by atoms with van der Waals surface area (Å²) in [5.74, 6) is -2.91. The van der Waals surface area contributed by atoms with E-state index < -0.39 is 66.9 Å². The van der Waals surface area contributed by atoms with E-state index >= 15 is 4.57 Å². The van der Waals surface area contributed by atoms with Crippen molar-refractivity contribution in [3.8, 4) is 51.7 Å². The molecule has 0 unspecified atom stereocenters. The van der Waals surface area contributed by atoms with Crippen LogP contribution in [0.2, 0.25) is 0 Å². The van der Waals surface area contributed by atoms with Gasteiger partial charge in [0.2, 0.25) is 0 Å². The van der Waals surface area contributed by atoms with Crippen LogP contribution in [-0.4, -0.2) is 133 Å². The first-order chi connectivity index (χ1) is 57.2. The van der Waals surface area contributed by atoms with Crippen molar-refractivity contribution in [2.75, 3.05) is 63.8 Å². The maximum atomic E-state index is 15.3. The average molecular weight is 1700 g/mol. The van der Waals surface area contributed by atoms with Gasteiger partial charge in [0.1, 0.15) is 51.7 Å². The highest BCUT2D eigenvalue weighted by Crippen LogP contribution is 2.55. The molecule has 0 amide bonds. The van der Waals surface area contributed by atoms with Gasteiger partial charge < -0.3 is 69.1 Å². The zero-order valence-corrected chi connectivity index (χ0v) is 68.7. The molecule has 9 aromatic carbocycles. The summed E-state index contributed by atoms with van der Waals surface area (Å²) in [6, 6.07) is 55.3. The second-order valence-corrected chi connectivity index (χ2v) is 31.2. The molecule has 35 heteroatoms. The Balaban J connectivity index is 0.985. The van der Waals surface area contributed by atoms with Crippen molar-refractivity contribution in [2.24, 2.45) is 15.3 Å². The minimum atomic E-state index is -4.85. The van der Waals surface area contributed by atoms with Crippen LogP contribution in [-0.2, 0) is 75.4 Å². The highest BCUT2D eigenvalue weighted by atomic mass is 31.2. The van der Waals surface area contributed by atoms with Crippen LogP contribution < -0.4 is 40.7 Å². The van der Waals surface area contributed by atoms with Crippen LogP contribution in [0.3, 0.4) is 0 Å². The summed E-state index contributed by atoms with van der Waals surface area (Å²) < 4.78 is 146. The van der Waals surface area contributed by atoms with Gasteiger partial charge in [-0.2, -0.15) is 34.2 Å². The fourth-order valence-corrected chi connectivity index (χ4v) is 14.3. The van der Waals surface area contributed by atoms with Gasteiger partial charge in [-0.1, -0.05) is 72.8 Å². The number of phosphoric ester groups is 1. The number of carbonyl (C=O) groups excluding carboxylic acids is 6. The zero-order chi connectivity index (χ0) is 85.4. The van der Waals surface area contributed by atoms with Crippen molar-refractivity contribution in [3.05, 3.63) is 305 Å². The smallest absolute Gasteiger partial charge is 0.466 e. The topological polar surface area (TPSA) is 356 Å². The van der Waals surface area contributed by atoms with Crippen molar-refractivity contribution in [2.45, 2.75) is 0 Å². The summed E-state index contributed by atoms with van der Waals surface area (Å²) in [4.78, 5) is 70.7. The van der Waals surface area contributed by atoms with Gasteiger partial charge in [0, 0.05) is 57.6 Å². The summed E-state index contributed by atoms with van der Waals surface area (Å²) in [6.07, 6.45) is 20.5. The van der Waals surface area contributed by atoms with Gasteiger partial charge in [-0.05, 0) is 232 Å². The van der Waals surface area contributed by atoms with Crippen LogP contribution in [0.1, 0.15) is 50.1 Å². The fourth-order valence-electron chi connectivity index (χ4n) is 9.37. The van der Waals surface area contributed by atoms with E-state index in [9.17, 15) is 42.5 Å². The van der Waals surface area contributed by atoms with Crippen molar-refractivity contribution < 1.29 is 116 Å². The first-order valence-electron chi connectivity index (χ1n) is 35.1. The maximum Gasteiger partial charge on any atom is 0.647 e. The molecule has 0 aliphatic rings. The van der Waals surface area contributed by atoms with Gasteiger partial charge in [-0.15, -0.1) is 0 Å². The third-order valence-corrected chi connectivity index (χ3v) is 22.1. The van der Waals surface area contributed by atoms with Gasteiger partial charge in [-0.25, -0.2) is 42.5 Å². The van der Waals surface area contributed by atoms with Crippen LogP contribution in [0.5, 0.6) is 51.7 Å². The van der Waals surface area contributed by atoms with Crippen molar-refractivity contribution in [1.82, 2.24) is 14.3 Å². The molecule has 0 aliphatic heterocycles. The molecule has 0 heterocycles. The lowest BCUT2D eigenvalue weighted by Crippen LogP contribution is -2.17. The van der Waals surface area contributed by atoms with E-state index in [-0.39, 0.29) is 51.7 Å². The minimum absolute atomic E-state index is 0.0392. The second kappa shape index (κ2) is 42.9. The monoisotopic (exact) mass is 1690 g/mol. The molecule has 119 heavy (non-hydrogen) atoms. The number of rotatable bonds is 39. The number of nitrogens with zero attached hydrogens (tertiary/aromatic N) is 6. The summed E-state index contributed by atoms with van der Waals surface area (Å²) in [6.45, 7) is 0. The number of ether oxygens (including phenoxy) is 6. The minimum Gasteiger partial charge on any atom is -0.466 e. The van der Waals surface area contributed by atoms with Gasteiger partial charge in [0.15, 0.2) is 0 Å². The second-order valence-electron chi connectivity index (χ2n) is 24.1. The molecule has 31 nitrogen and oxygen atoms in total. The van der Waals surface area contributed by atoms with Crippen molar-refractivity contribution in [3.63, 3.8) is 0 Å². The molecule has 0 aromatic heterocycles. The Morgan fingerprint density at radius 3 is 0.504 bits per heavy atom. The van der Waals surface area contributed by atoms with E-state index in [4.69, 9.17) is 40.7 Å². The number of esters is 6. The van der Waals surface area contributed by atoms with E-state index in [0.717, 1.165) is 14.3 Å². The van der Waals surface area contributed by atoms with E-state index in [1.807, 2.05) is 0 Å². The number of benzene rings is 9. The Morgan fingerprint density at radius 1 is 0.227 bits per heavy atom. The predicted octanol–water partition coefficient (Wildman–Crippen LogP) is 17.0. The normalized spacial score (nSPS) is 11.9. The highest BCUT2D eigenvalue weighted by molar-refractivity contribution is 7.52. The predicted molar refractivity (Wildman–Crippen MR) is 446 cm³/mol. The molecule has 614 valence electrons. The molecule has 0 spiro atoms. The zero-order valence-electron chi connectivity index (χ0n) is 65.1. The number of hydrogen-bond acceptors (Lipinski definition) is 28. The third-order valence-electron chi connectivity index (χ3n) is 15.8. The molecule has 0 atom stereocenters. The summed E-state index contributed by atoms with van der Waals surface area (Å²) in [5.41, 5.74) is 4.75. The van der Waals surface area contributed by atoms with Crippen molar-refractivity contribution >= 4 is 122 Å². The Morgan fingerprint density at radius 2 is 0.361 bits per heavy atom. The molecule has 0 radical (unpaired) electrons. The summed E-state index contributed by atoms with van der Waals surface area (Å²) in [5, 5.41) is 13.3. The van der Waals surface area contributed by atoms with E-state index in [1.54, 1.807) is 72.8 Å². The summed E-state index contributed by atoms with van der Waals surface area (Å²) in [7, 11) is -6.65. The van der Waals surface area contributed by atoms with Gasteiger partial charge in [0.05, 0.1) is 61.3 Å². The molecule has 0 aliphatic carbocycles. The summed E-state index contributed by atoms with van der Waals surface area (Å²) >= 11 is 0. The molecule has 9 aromatic rings. The first kappa shape index (κ1) is 88.7. The molecule has 0 N–H and O–H groups in total. The maximum absolute atomic E-state index is 15.3. The van der Waals surface area contributed by atoms with Crippen LogP contribution in [0, 0.1) is 0 Å². The van der Waals surface area contributed by atoms with Gasteiger partial charge in [0.25, 0.3) is 0 Å². The lowest BCUT2D eigenvalue weighted by Gasteiger charge is -2.25. The quantitative estimate of drug-likeness (QED) is 0.00862. The highest BCUT2D eigenvalue weighted by Gasteiger charge is 2.38. The number of carbonyl (C=O) groups is 6. The van der Waals surface area contributed by atoms with Crippen LogP contribution in [0.25, 0.3) is 36.5 Å². The Hall–Kier alpha value is -14.2. The van der Waals surface area contributed by atoms with Gasteiger partial charge >= 0.3 is 66.9 Å². The average Bonchev–Trinajstić information content (AvgIpc) is 0.822.